The number of fused-ring (bicyclic) bond motifs is 1. The molecule has 0 bridgehead atoms. The van der Waals surface area contributed by atoms with Crippen molar-refractivity contribution < 1.29 is 14.3 Å². The number of aliphatic imine (C=N–C) groups is 1. The van der Waals surface area contributed by atoms with E-state index in [-0.39, 0.29) is 18.2 Å². The molecule has 0 aliphatic carbocycles. The summed E-state index contributed by atoms with van der Waals surface area (Å²) in [5.74, 6) is 0.288. The highest BCUT2D eigenvalue weighted by Crippen LogP contribution is 2.34. The van der Waals surface area contributed by atoms with E-state index in [0.29, 0.717) is 35.0 Å². The molecule has 29 heavy (non-hydrogen) atoms. The summed E-state index contributed by atoms with van der Waals surface area (Å²) in [6, 6.07) is 14.7. The molecule has 4 rings (SSSR count). The van der Waals surface area contributed by atoms with Gasteiger partial charge in [0.2, 0.25) is 11.8 Å². The van der Waals surface area contributed by atoms with Gasteiger partial charge in [-0.2, -0.15) is 0 Å². The molecule has 1 saturated heterocycles. The van der Waals surface area contributed by atoms with Crippen molar-refractivity contribution in [3.8, 4) is 5.75 Å². The molecular weight excluding hydrogens is 412 g/mol. The number of nitrogens with one attached hydrogen (secondary N) is 1. The van der Waals surface area contributed by atoms with Crippen molar-refractivity contribution in [2.75, 3.05) is 30.7 Å². The molecule has 9 heteroatoms. The highest BCUT2D eigenvalue weighted by molar-refractivity contribution is 8.15. The number of halogens is 1. The summed E-state index contributed by atoms with van der Waals surface area (Å²) < 4.78 is 5.18. The van der Waals surface area contributed by atoms with Crippen LogP contribution in [-0.4, -0.2) is 47.6 Å². The molecule has 1 atom stereocenters. The van der Waals surface area contributed by atoms with Crippen molar-refractivity contribution in [1.29, 1.82) is 0 Å². The topological polar surface area (TPSA) is 74.2 Å². The van der Waals surface area contributed by atoms with E-state index in [4.69, 9.17) is 16.3 Å². The third kappa shape index (κ3) is 4.18. The van der Waals surface area contributed by atoms with E-state index in [0.717, 1.165) is 5.69 Å². The predicted molar refractivity (Wildman–Crippen MR) is 116 cm³/mol. The molecule has 1 N–H and O–H groups in total. The molecule has 0 saturated carbocycles. The number of amidine groups is 1. The van der Waals surface area contributed by atoms with Gasteiger partial charge in [0.05, 0.1) is 12.1 Å². The maximum atomic E-state index is 12.8. The lowest BCUT2D eigenvalue weighted by Crippen LogP contribution is -2.46. The molecule has 0 spiro atoms. The number of nitrogens with zero attached hydrogens (tertiary/aromatic N) is 3. The van der Waals surface area contributed by atoms with Crippen LogP contribution in [0.1, 0.15) is 6.42 Å². The lowest BCUT2D eigenvalue weighted by Gasteiger charge is -2.32. The van der Waals surface area contributed by atoms with Crippen LogP contribution in [0.25, 0.3) is 0 Å². The first-order chi connectivity index (χ1) is 14.0. The third-order valence-corrected chi connectivity index (χ3v) is 6.15. The number of rotatable bonds is 5. The number of para-hydroxylation sites is 1. The van der Waals surface area contributed by atoms with Crippen LogP contribution in [0.15, 0.2) is 53.5 Å². The highest BCUT2D eigenvalue weighted by atomic mass is 35.5. The molecule has 150 valence electrons. The third-order valence-electron chi connectivity index (χ3n) is 4.64. The van der Waals surface area contributed by atoms with Gasteiger partial charge in [-0.3, -0.25) is 14.5 Å². The number of carbonyl (C=O) groups excluding carboxylic acids is 2. The fourth-order valence-electron chi connectivity index (χ4n) is 3.17. The predicted octanol–water partition coefficient (Wildman–Crippen LogP) is 3.41. The maximum absolute atomic E-state index is 12.8. The van der Waals surface area contributed by atoms with Crippen molar-refractivity contribution in [2.45, 2.75) is 11.7 Å². The SMILES string of the molecule is COc1ccc(N2CN=C3S[C@@H](CC(=O)Nc4ccccc4)C(=O)N3C2)cc1Cl. The lowest BCUT2D eigenvalue weighted by atomic mass is 10.2. The van der Waals surface area contributed by atoms with Gasteiger partial charge < -0.3 is 15.0 Å². The highest BCUT2D eigenvalue weighted by Gasteiger charge is 2.41. The standard InChI is InChI=1S/C20H19ClN4O3S/c1-28-16-8-7-14(9-15(16)21)24-11-22-20-25(12-24)19(27)17(29-20)10-18(26)23-13-5-3-2-4-6-13/h2-9,17H,10-12H2,1H3,(H,23,26)/t17-/m0/s1. The second-order valence-corrected chi connectivity index (χ2v) is 8.15. The van der Waals surface area contributed by atoms with Gasteiger partial charge in [0, 0.05) is 17.8 Å². The summed E-state index contributed by atoms with van der Waals surface area (Å²) in [5, 5.41) is 3.50. The van der Waals surface area contributed by atoms with Crippen LogP contribution in [0.4, 0.5) is 11.4 Å². The second kappa shape index (κ2) is 8.34. The number of anilines is 2. The number of hydrogen-bond donors (Lipinski definition) is 1. The molecule has 2 amide bonds. The van der Waals surface area contributed by atoms with Crippen molar-refractivity contribution in [3.05, 3.63) is 53.6 Å². The van der Waals surface area contributed by atoms with Gasteiger partial charge in [-0.05, 0) is 30.3 Å². The van der Waals surface area contributed by atoms with Crippen LogP contribution < -0.4 is 15.0 Å². The van der Waals surface area contributed by atoms with Crippen LogP contribution in [-0.2, 0) is 9.59 Å². The Morgan fingerprint density at radius 3 is 2.83 bits per heavy atom. The zero-order valence-electron chi connectivity index (χ0n) is 15.7. The summed E-state index contributed by atoms with van der Waals surface area (Å²) in [4.78, 5) is 33.3. The van der Waals surface area contributed by atoms with Crippen molar-refractivity contribution in [3.63, 3.8) is 0 Å². The molecule has 2 aliphatic rings. The van der Waals surface area contributed by atoms with Crippen LogP contribution in [0, 0.1) is 0 Å². The summed E-state index contributed by atoms with van der Waals surface area (Å²) in [7, 11) is 1.56. The minimum atomic E-state index is -0.475. The Morgan fingerprint density at radius 2 is 2.10 bits per heavy atom. The molecule has 0 radical (unpaired) electrons. The molecule has 2 aromatic carbocycles. The Labute approximate surface area is 177 Å². The Bertz CT molecular complexity index is 969. The largest absolute Gasteiger partial charge is 0.495 e. The Morgan fingerprint density at radius 1 is 1.31 bits per heavy atom. The Balaban J connectivity index is 1.41. The fraction of sp³-hybridized carbons (Fsp3) is 0.250. The average Bonchev–Trinajstić information content (AvgIpc) is 3.03. The number of hydrogen-bond acceptors (Lipinski definition) is 6. The quantitative estimate of drug-likeness (QED) is 0.786. The number of methoxy groups -OCH3 is 1. The smallest absolute Gasteiger partial charge is 0.244 e. The van der Waals surface area contributed by atoms with E-state index in [9.17, 15) is 9.59 Å². The number of thioether (sulfide) groups is 1. The molecule has 2 aliphatic heterocycles. The summed E-state index contributed by atoms with van der Waals surface area (Å²) >= 11 is 7.56. The summed E-state index contributed by atoms with van der Waals surface area (Å²) in [6.07, 6.45) is 0.0995. The van der Waals surface area contributed by atoms with Gasteiger partial charge in [0.25, 0.3) is 0 Å². The summed E-state index contributed by atoms with van der Waals surface area (Å²) in [6.45, 7) is 0.780. The first-order valence-corrected chi connectivity index (χ1v) is 10.3. The van der Waals surface area contributed by atoms with E-state index in [1.54, 1.807) is 24.1 Å². The average molecular weight is 431 g/mol. The van der Waals surface area contributed by atoms with Crippen LogP contribution in [0.3, 0.4) is 0 Å². The number of amides is 2. The molecule has 2 heterocycles. The zero-order chi connectivity index (χ0) is 20.4. The normalized spacial score (nSPS) is 18.3. The van der Waals surface area contributed by atoms with Crippen LogP contribution in [0.2, 0.25) is 5.02 Å². The van der Waals surface area contributed by atoms with Gasteiger partial charge in [0.1, 0.15) is 24.3 Å². The van der Waals surface area contributed by atoms with Crippen LogP contribution >= 0.6 is 23.4 Å². The monoisotopic (exact) mass is 430 g/mol. The molecule has 0 unspecified atom stereocenters. The van der Waals surface area contributed by atoms with E-state index >= 15 is 0 Å². The number of ether oxygens (including phenoxy) is 1. The number of carbonyl (C=O) groups is 2. The number of benzene rings is 2. The molecular formula is C20H19ClN4O3S. The van der Waals surface area contributed by atoms with Gasteiger partial charge in [-0.25, -0.2) is 4.99 Å². The maximum Gasteiger partial charge on any atom is 0.244 e. The van der Waals surface area contributed by atoms with Gasteiger partial charge in [0.15, 0.2) is 5.17 Å². The van der Waals surface area contributed by atoms with E-state index < -0.39 is 5.25 Å². The van der Waals surface area contributed by atoms with E-state index in [1.807, 2.05) is 41.3 Å². The van der Waals surface area contributed by atoms with E-state index in [2.05, 4.69) is 10.3 Å². The minimum Gasteiger partial charge on any atom is -0.495 e. The fourth-order valence-corrected chi connectivity index (χ4v) is 4.55. The molecule has 2 aromatic rings. The molecule has 0 aromatic heterocycles. The summed E-state index contributed by atoms with van der Waals surface area (Å²) in [5.41, 5.74) is 1.56. The second-order valence-electron chi connectivity index (χ2n) is 6.57. The van der Waals surface area contributed by atoms with Crippen molar-refractivity contribution in [2.24, 2.45) is 4.99 Å². The molecule has 7 nitrogen and oxygen atoms in total. The molecule has 1 fully saturated rings. The first-order valence-electron chi connectivity index (χ1n) is 9.01. The van der Waals surface area contributed by atoms with E-state index in [1.165, 1.54) is 11.8 Å². The van der Waals surface area contributed by atoms with Gasteiger partial charge in [-0.1, -0.05) is 41.6 Å². The minimum absolute atomic E-state index is 0.0995. The van der Waals surface area contributed by atoms with Gasteiger partial charge >= 0.3 is 0 Å². The zero-order valence-corrected chi connectivity index (χ0v) is 17.2. The first kappa shape index (κ1) is 19.6. The Kier molecular flexibility index (Phi) is 5.64. The lowest BCUT2D eigenvalue weighted by molar-refractivity contribution is -0.128. The van der Waals surface area contributed by atoms with Crippen molar-refractivity contribution in [1.82, 2.24) is 4.90 Å². The Hall–Kier alpha value is -2.71. The van der Waals surface area contributed by atoms with Crippen LogP contribution in [0.5, 0.6) is 5.75 Å². The van der Waals surface area contributed by atoms with Crippen molar-refractivity contribution >= 4 is 51.7 Å². The van der Waals surface area contributed by atoms with Gasteiger partial charge in [-0.15, -0.1) is 0 Å².